The van der Waals surface area contributed by atoms with Crippen LogP contribution in [0.1, 0.15) is 11.4 Å². The summed E-state index contributed by atoms with van der Waals surface area (Å²) in [6, 6.07) is 13.8. The second-order valence-corrected chi connectivity index (χ2v) is 4.18. The number of anilines is 1. The summed E-state index contributed by atoms with van der Waals surface area (Å²) in [5.41, 5.74) is 7.72. The molecule has 0 unspecified atom stereocenters. The first-order valence-electron chi connectivity index (χ1n) is 5.99. The molecule has 0 radical (unpaired) electrons. The fraction of sp³-hybridized carbons (Fsp3) is 0.0714. The summed E-state index contributed by atoms with van der Waals surface area (Å²) >= 11 is 0. The fourth-order valence-electron chi connectivity index (χ4n) is 1.89. The van der Waals surface area contributed by atoms with E-state index in [0.717, 1.165) is 11.3 Å². The second-order valence-electron chi connectivity index (χ2n) is 4.18. The Kier molecular flexibility index (Phi) is 2.94. The summed E-state index contributed by atoms with van der Waals surface area (Å²) in [6.45, 7) is 0. The van der Waals surface area contributed by atoms with Crippen molar-refractivity contribution in [1.82, 2.24) is 19.9 Å². The average molecular weight is 251 g/mol. The minimum atomic E-state index is 0.241. The van der Waals surface area contributed by atoms with E-state index in [0.29, 0.717) is 18.1 Å². The molecule has 2 aromatic heterocycles. The Morgan fingerprint density at radius 2 is 1.79 bits per heavy atom. The number of rotatable bonds is 3. The highest BCUT2D eigenvalue weighted by Gasteiger charge is 2.07. The van der Waals surface area contributed by atoms with Gasteiger partial charge in [-0.2, -0.15) is 9.97 Å². The molecule has 3 rings (SSSR count). The molecule has 0 bridgehead atoms. The third-order valence-electron chi connectivity index (χ3n) is 2.74. The summed E-state index contributed by atoms with van der Waals surface area (Å²) in [7, 11) is 0. The van der Waals surface area contributed by atoms with E-state index in [9.17, 15) is 0 Å². The number of aromatic nitrogens is 4. The van der Waals surface area contributed by atoms with Crippen LogP contribution in [-0.2, 0) is 6.42 Å². The summed E-state index contributed by atoms with van der Waals surface area (Å²) in [6.07, 6.45) is 2.47. The van der Waals surface area contributed by atoms with Gasteiger partial charge in [0.15, 0.2) is 5.82 Å². The van der Waals surface area contributed by atoms with Gasteiger partial charge in [0.25, 0.3) is 0 Å². The third-order valence-corrected chi connectivity index (χ3v) is 2.74. The highest BCUT2D eigenvalue weighted by atomic mass is 15.1. The Hall–Kier alpha value is -2.69. The highest BCUT2D eigenvalue weighted by Crippen LogP contribution is 2.14. The lowest BCUT2D eigenvalue weighted by Gasteiger charge is -2.04. The van der Waals surface area contributed by atoms with E-state index in [-0.39, 0.29) is 5.95 Å². The molecule has 5 nitrogen and oxygen atoms in total. The number of nitrogen functional groups attached to an aromatic ring is 1. The van der Waals surface area contributed by atoms with E-state index < -0.39 is 0 Å². The lowest BCUT2D eigenvalue weighted by Crippen LogP contribution is -2.05. The predicted octanol–water partition coefficient (Wildman–Crippen LogP) is 2.04. The van der Waals surface area contributed by atoms with Crippen molar-refractivity contribution in [3.63, 3.8) is 0 Å². The molecule has 3 N–H and O–H groups in total. The molecule has 0 saturated heterocycles. The zero-order valence-corrected chi connectivity index (χ0v) is 10.2. The van der Waals surface area contributed by atoms with Gasteiger partial charge >= 0.3 is 0 Å². The maximum atomic E-state index is 5.74. The molecular weight excluding hydrogens is 238 g/mol. The monoisotopic (exact) mass is 251 g/mol. The Morgan fingerprint density at radius 1 is 0.947 bits per heavy atom. The van der Waals surface area contributed by atoms with Crippen LogP contribution in [-0.4, -0.2) is 19.9 Å². The molecule has 0 atom stereocenters. The normalized spacial score (nSPS) is 10.5. The van der Waals surface area contributed by atoms with Gasteiger partial charge in [-0.15, -0.1) is 0 Å². The van der Waals surface area contributed by atoms with E-state index in [4.69, 9.17) is 5.73 Å². The number of nitrogens with zero attached hydrogens (tertiary/aromatic N) is 3. The number of H-pyrrole nitrogens is 1. The van der Waals surface area contributed by atoms with Gasteiger partial charge < -0.3 is 10.7 Å². The second kappa shape index (κ2) is 4.89. The zero-order chi connectivity index (χ0) is 13.1. The van der Waals surface area contributed by atoms with Gasteiger partial charge in [-0.05, 0) is 17.7 Å². The number of nitrogens with two attached hydrogens (primary N) is 1. The van der Waals surface area contributed by atoms with Gasteiger partial charge in [0, 0.05) is 12.6 Å². The molecular formula is C14H13N5. The van der Waals surface area contributed by atoms with Gasteiger partial charge in [0.05, 0.1) is 5.69 Å². The molecule has 0 aliphatic carbocycles. The van der Waals surface area contributed by atoms with Crippen LogP contribution in [0.3, 0.4) is 0 Å². The number of hydrogen-bond donors (Lipinski definition) is 2. The van der Waals surface area contributed by atoms with Gasteiger partial charge in [0.2, 0.25) is 5.95 Å². The average Bonchev–Trinajstić information content (AvgIpc) is 2.93. The van der Waals surface area contributed by atoms with E-state index in [2.05, 4.69) is 19.9 Å². The van der Waals surface area contributed by atoms with Crippen molar-refractivity contribution >= 4 is 5.95 Å². The van der Waals surface area contributed by atoms with E-state index in [1.165, 1.54) is 0 Å². The topological polar surface area (TPSA) is 80.5 Å². The summed E-state index contributed by atoms with van der Waals surface area (Å²) < 4.78 is 0. The molecule has 0 amide bonds. The smallest absolute Gasteiger partial charge is 0.223 e. The van der Waals surface area contributed by atoms with Crippen molar-refractivity contribution in [2.24, 2.45) is 0 Å². The number of hydrogen-bond acceptors (Lipinski definition) is 4. The molecule has 94 valence electrons. The highest BCUT2D eigenvalue weighted by molar-refractivity contribution is 5.50. The zero-order valence-electron chi connectivity index (χ0n) is 10.2. The molecule has 0 spiro atoms. The standard InChI is InChI=1S/C14H13N5/c15-14-18-12(9-10-5-2-1-3-6-10)17-13(19-14)11-7-4-8-16-11/h1-8,16H,9H2,(H2,15,17,18,19). The van der Waals surface area contributed by atoms with Crippen LogP contribution in [0, 0.1) is 0 Å². The van der Waals surface area contributed by atoms with Crippen molar-refractivity contribution < 1.29 is 0 Å². The number of benzene rings is 1. The van der Waals surface area contributed by atoms with E-state index >= 15 is 0 Å². The number of aromatic amines is 1. The third kappa shape index (κ3) is 2.60. The van der Waals surface area contributed by atoms with Crippen LogP contribution in [0.25, 0.3) is 11.5 Å². The molecule has 2 heterocycles. The van der Waals surface area contributed by atoms with Crippen molar-refractivity contribution in [2.45, 2.75) is 6.42 Å². The molecule has 3 aromatic rings. The van der Waals surface area contributed by atoms with Crippen LogP contribution in [0.4, 0.5) is 5.95 Å². The van der Waals surface area contributed by atoms with Crippen molar-refractivity contribution in [3.05, 3.63) is 60.0 Å². The van der Waals surface area contributed by atoms with Crippen LogP contribution in [0.2, 0.25) is 0 Å². The molecule has 1 aromatic carbocycles. The Balaban J connectivity index is 1.94. The minimum Gasteiger partial charge on any atom is -0.368 e. The van der Waals surface area contributed by atoms with Crippen molar-refractivity contribution in [3.8, 4) is 11.5 Å². The molecule has 0 saturated carbocycles. The fourth-order valence-corrected chi connectivity index (χ4v) is 1.89. The SMILES string of the molecule is Nc1nc(Cc2ccccc2)nc(-c2ccc[nH]2)n1. The van der Waals surface area contributed by atoms with Crippen LogP contribution in [0.15, 0.2) is 48.7 Å². The largest absolute Gasteiger partial charge is 0.368 e. The summed E-state index contributed by atoms with van der Waals surface area (Å²) in [4.78, 5) is 15.8. The first-order valence-corrected chi connectivity index (χ1v) is 5.99. The first kappa shape index (κ1) is 11.4. The molecule has 5 heteroatoms. The maximum Gasteiger partial charge on any atom is 0.223 e. The predicted molar refractivity (Wildman–Crippen MR) is 73.3 cm³/mol. The minimum absolute atomic E-state index is 0.241. The van der Waals surface area contributed by atoms with Gasteiger partial charge in [-0.3, -0.25) is 0 Å². The van der Waals surface area contributed by atoms with Crippen LogP contribution < -0.4 is 5.73 Å². The number of nitrogens with one attached hydrogen (secondary N) is 1. The molecule has 0 fully saturated rings. The lowest BCUT2D eigenvalue weighted by molar-refractivity contribution is 0.932. The van der Waals surface area contributed by atoms with Crippen LogP contribution in [0.5, 0.6) is 0 Å². The first-order chi connectivity index (χ1) is 9.31. The van der Waals surface area contributed by atoms with Gasteiger partial charge in [0.1, 0.15) is 5.82 Å². The molecule has 0 aliphatic rings. The van der Waals surface area contributed by atoms with Gasteiger partial charge in [-0.1, -0.05) is 30.3 Å². The van der Waals surface area contributed by atoms with Crippen LogP contribution >= 0.6 is 0 Å². The quantitative estimate of drug-likeness (QED) is 0.746. The Morgan fingerprint density at radius 3 is 2.53 bits per heavy atom. The molecule has 19 heavy (non-hydrogen) atoms. The Bertz CT molecular complexity index is 662. The molecule has 0 aliphatic heterocycles. The lowest BCUT2D eigenvalue weighted by atomic mass is 10.1. The maximum absolute atomic E-state index is 5.74. The van der Waals surface area contributed by atoms with Crippen molar-refractivity contribution in [1.29, 1.82) is 0 Å². The van der Waals surface area contributed by atoms with E-state index in [1.807, 2.05) is 48.7 Å². The van der Waals surface area contributed by atoms with Crippen molar-refractivity contribution in [2.75, 3.05) is 5.73 Å². The summed E-state index contributed by atoms with van der Waals surface area (Å²) in [5, 5.41) is 0. The van der Waals surface area contributed by atoms with E-state index in [1.54, 1.807) is 0 Å². The summed E-state index contributed by atoms with van der Waals surface area (Å²) in [5.74, 6) is 1.48. The van der Waals surface area contributed by atoms with Gasteiger partial charge in [-0.25, -0.2) is 4.98 Å². The Labute approximate surface area is 110 Å².